The van der Waals surface area contributed by atoms with Crippen LogP contribution in [0.25, 0.3) is 0 Å². The monoisotopic (exact) mass is 266 g/mol. The molecule has 0 aliphatic rings. The molecule has 0 spiro atoms. The Labute approximate surface area is 106 Å². The molecule has 2 aromatic rings. The summed E-state index contributed by atoms with van der Waals surface area (Å²) in [6, 6.07) is 5.82. The molecule has 0 saturated carbocycles. The number of rotatable bonds is 2. The molecule has 1 aromatic heterocycles. The van der Waals surface area contributed by atoms with Crippen LogP contribution in [0.4, 0.5) is 18.9 Å². The van der Waals surface area contributed by atoms with E-state index < -0.39 is 23.1 Å². The maximum Gasteiger partial charge on any atom is 0.417 e. The van der Waals surface area contributed by atoms with Crippen LogP contribution >= 0.6 is 0 Å². The quantitative estimate of drug-likeness (QED) is 0.671. The Kier molecular flexibility index (Phi) is 3.25. The Hall–Kier alpha value is -2.37. The van der Waals surface area contributed by atoms with Crippen molar-refractivity contribution in [2.24, 2.45) is 0 Å². The van der Waals surface area contributed by atoms with Gasteiger partial charge in [0.15, 0.2) is 5.78 Å². The third-order valence-electron chi connectivity index (χ3n) is 2.52. The molecule has 1 heterocycles. The molecule has 0 atom stereocenters. The minimum Gasteiger partial charge on any atom is -0.399 e. The van der Waals surface area contributed by atoms with Gasteiger partial charge in [0.25, 0.3) is 0 Å². The number of pyridine rings is 1. The van der Waals surface area contributed by atoms with Gasteiger partial charge >= 0.3 is 6.18 Å². The Morgan fingerprint density at radius 2 is 1.95 bits per heavy atom. The molecule has 0 unspecified atom stereocenters. The predicted molar refractivity (Wildman–Crippen MR) is 63.5 cm³/mol. The lowest BCUT2D eigenvalue weighted by molar-refractivity contribution is -0.137. The lowest BCUT2D eigenvalue weighted by atomic mass is 9.98. The Balaban J connectivity index is 2.56. The summed E-state index contributed by atoms with van der Waals surface area (Å²) in [5.41, 5.74) is 4.16. The van der Waals surface area contributed by atoms with Crippen molar-refractivity contribution in [1.29, 1.82) is 0 Å². The molecule has 0 aliphatic carbocycles. The smallest absolute Gasteiger partial charge is 0.399 e. The van der Waals surface area contributed by atoms with Crippen LogP contribution in [0.5, 0.6) is 0 Å². The number of benzene rings is 1. The number of nitrogens with zero attached hydrogens (tertiary/aromatic N) is 1. The minimum atomic E-state index is -4.61. The van der Waals surface area contributed by atoms with E-state index in [1.165, 1.54) is 24.5 Å². The van der Waals surface area contributed by atoms with Crippen molar-refractivity contribution in [3.8, 4) is 0 Å². The number of halogens is 3. The zero-order valence-corrected chi connectivity index (χ0v) is 9.61. The van der Waals surface area contributed by atoms with Crippen molar-refractivity contribution in [2.45, 2.75) is 6.18 Å². The number of carbonyl (C=O) groups excluding carboxylic acids is 1. The molecule has 0 amide bonds. The highest BCUT2D eigenvalue weighted by Crippen LogP contribution is 2.33. The molecule has 0 fully saturated rings. The van der Waals surface area contributed by atoms with E-state index >= 15 is 0 Å². The molecule has 3 nitrogen and oxygen atoms in total. The number of anilines is 1. The first kappa shape index (κ1) is 13.1. The number of nitrogens with two attached hydrogens (primary N) is 1. The highest BCUT2D eigenvalue weighted by Gasteiger charge is 2.35. The van der Waals surface area contributed by atoms with Crippen molar-refractivity contribution < 1.29 is 18.0 Å². The van der Waals surface area contributed by atoms with Crippen molar-refractivity contribution in [1.82, 2.24) is 4.98 Å². The van der Waals surface area contributed by atoms with Gasteiger partial charge in [-0.15, -0.1) is 0 Å². The third kappa shape index (κ3) is 2.73. The molecule has 0 radical (unpaired) electrons. The summed E-state index contributed by atoms with van der Waals surface area (Å²) in [5, 5.41) is 0. The summed E-state index contributed by atoms with van der Waals surface area (Å²) in [5.74, 6) is -0.757. The fourth-order valence-electron chi connectivity index (χ4n) is 1.65. The fraction of sp³-hybridized carbons (Fsp3) is 0.0769. The van der Waals surface area contributed by atoms with Crippen LogP contribution in [0.1, 0.15) is 21.5 Å². The number of nitrogen functional groups attached to an aromatic ring is 1. The van der Waals surface area contributed by atoms with E-state index in [0.717, 1.165) is 18.2 Å². The zero-order chi connectivity index (χ0) is 14.0. The number of alkyl halides is 3. The van der Waals surface area contributed by atoms with E-state index in [-0.39, 0.29) is 11.3 Å². The SMILES string of the molecule is Nc1ccc(C(F)(F)F)c(C(=O)c2cccnc2)c1. The number of carbonyl (C=O) groups is 1. The molecule has 0 bridgehead atoms. The van der Waals surface area contributed by atoms with Gasteiger partial charge < -0.3 is 5.73 Å². The summed E-state index contributed by atoms with van der Waals surface area (Å²) < 4.78 is 38.5. The van der Waals surface area contributed by atoms with Gasteiger partial charge in [-0.3, -0.25) is 9.78 Å². The number of hydrogen-bond donors (Lipinski definition) is 1. The summed E-state index contributed by atoms with van der Waals surface area (Å²) in [6.07, 6.45) is -1.96. The minimum absolute atomic E-state index is 0.0820. The van der Waals surface area contributed by atoms with Crippen molar-refractivity contribution >= 4 is 11.5 Å². The average Bonchev–Trinajstić information content (AvgIpc) is 2.37. The van der Waals surface area contributed by atoms with Crippen LogP contribution in [-0.2, 0) is 6.18 Å². The normalized spacial score (nSPS) is 11.3. The first-order valence-electron chi connectivity index (χ1n) is 5.31. The highest BCUT2D eigenvalue weighted by atomic mass is 19.4. The number of ketones is 1. The van der Waals surface area contributed by atoms with Crippen LogP contribution in [0.15, 0.2) is 42.7 Å². The van der Waals surface area contributed by atoms with Crippen LogP contribution < -0.4 is 5.73 Å². The van der Waals surface area contributed by atoms with E-state index in [0.29, 0.717) is 0 Å². The molecule has 2 N–H and O–H groups in total. The molecule has 2 rings (SSSR count). The summed E-state index contributed by atoms with van der Waals surface area (Å²) >= 11 is 0. The Bertz CT molecular complexity index is 609. The fourth-order valence-corrected chi connectivity index (χ4v) is 1.65. The summed E-state index contributed by atoms with van der Waals surface area (Å²) in [4.78, 5) is 15.8. The molecular formula is C13H9F3N2O. The van der Waals surface area contributed by atoms with E-state index in [9.17, 15) is 18.0 Å². The van der Waals surface area contributed by atoms with Gasteiger partial charge in [0.05, 0.1) is 5.56 Å². The van der Waals surface area contributed by atoms with E-state index in [1.807, 2.05) is 0 Å². The summed E-state index contributed by atoms with van der Waals surface area (Å²) in [6.45, 7) is 0. The first-order valence-corrected chi connectivity index (χ1v) is 5.31. The molecule has 1 aromatic carbocycles. The van der Waals surface area contributed by atoms with Gasteiger partial charge in [0.2, 0.25) is 0 Å². The van der Waals surface area contributed by atoms with Crippen molar-refractivity contribution in [3.05, 3.63) is 59.4 Å². The third-order valence-corrected chi connectivity index (χ3v) is 2.52. The van der Waals surface area contributed by atoms with Crippen LogP contribution in [0.2, 0.25) is 0 Å². The van der Waals surface area contributed by atoms with Gasteiger partial charge in [0.1, 0.15) is 0 Å². The molecule has 0 aliphatic heterocycles. The van der Waals surface area contributed by atoms with Crippen molar-refractivity contribution in [3.63, 3.8) is 0 Å². The van der Waals surface area contributed by atoms with Crippen LogP contribution in [-0.4, -0.2) is 10.8 Å². The average molecular weight is 266 g/mol. The summed E-state index contributed by atoms with van der Waals surface area (Å²) in [7, 11) is 0. The second kappa shape index (κ2) is 4.72. The molecule has 19 heavy (non-hydrogen) atoms. The standard InChI is InChI=1S/C13H9F3N2O/c14-13(15,16)11-4-3-9(17)6-10(11)12(19)8-2-1-5-18-7-8/h1-7H,17H2. The number of aromatic nitrogens is 1. The van der Waals surface area contributed by atoms with E-state index in [2.05, 4.69) is 4.98 Å². The van der Waals surface area contributed by atoms with Gasteiger partial charge in [-0.05, 0) is 30.3 Å². The second-order valence-corrected chi connectivity index (χ2v) is 3.87. The lowest BCUT2D eigenvalue weighted by Crippen LogP contribution is -2.14. The highest BCUT2D eigenvalue weighted by molar-refractivity contribution is 6.10. The molecule has 6 heteroatoms. The topological polar surface area (TPSA) is 56.0 Å². The van der Waals surface area contributed by atoms with E-state index in [4.69, 9.17) is 5.73 Å². The maximum atomic E-state index is 12.8. The Morgan fingerprint density at radius 1 is 1.21 bits per heavy atom. The molecule has 0 saturated heterocycles. The largest absolute Gasteiger partial charge is 0.417 e. The van der Waals surface area contributed by atoms with Gasteiger partial charge in [-0.2, -0.15) is 13.2 Å². The van der Waals surface area contributed by atoms with Crippen LogP contribution in [0, 0.1) is 0 Å². The Morgan fingerprint density at radius 3 is 2.53 bits per heavy atom. The zero-order valence-electron chi connectivity index (χ0n) is 9.61. The molecule has 98 valence electrons. The van der Waals surface area contributed by atoms with Gasteiger partial charge in [-0.1, -0.05) is 0 Å². The van der Waals surface area contributed by atoms with Crippen molar-refractivity contribution in [2.75, 3.05) is 5.73 Å². The van der Waals surface area contributed by atoms with Gasteiger partial charge in [-0.25, -0.2) is 0 Å². The van der Waals surface area contributed by atoms with E-state index in [1.54, 1.807) is 0 Å². The number of hydrogen-bond acceptors (Lipinski definition) is 3. The second-order valence-electron chi connectivity index (χ2n) is 3.87. The first-order chi connectivity index (χ1) is 8.89. The maximum absolute atomic E-state index is 12.8. The molecular weight excluding hydrogens is 257 g/mol. The lowest BCUT2D eigenvalue weighted by Gasteiger charge is -2.12. The van der Waals surface area contributed by atoms with Gasteiger partial charge in [0, 0.05) is 29.2 Å². The predicted octanol–water partition coefficient (Wildman–Crippen LogP) is 2.91. The van der Waals surface area contributed by atoms with Crippen LogP contribution in [0.3, 0.4) is 0 Å².